The largest absolute Gasteiger partial charge is 0.479 e. The summed E-state index contributed by atoms with van der Waals surface area (Å²) in [6.45, 7) is 0.416. The van der Waals surface area contributed by atoms with Crippen LogP contribution in [0.15, 0.2) is 0 Å². The minimum Gasteiger partial charge on any atom is -0.479 e. The molecule has 2 aliphatic heterocycles. The Kier molecular flexibility index (Phi) is 3.81. The summed E-state index contributed by atoms with van der Waals surface area (Å²) in [6.07, 6.45) is 0.202. The van der Waals surface area contributed by atoms with E-state index in [4.69, 9.17) is 9.84 Å². The first-order chi connectivity index (χ1) is 8.56. The number of hydrogen-bond acceptors (Lipinski definition) is 4. The molecule has 2 heterocycles. The van der Waals surface area contributed by atoms with Gasteiger partial charge in [-0.05, 0) is 19.3 Å². The number of carboxylic acid groups (broad SMARTS) is 1. The zero-order valence-electron chi connectivity index (χ0n) is 9.85. The highest BCUT2D eigenvalue weighted by Crippen LogP contribution is 2.20. The molecule has 2 amide bonds. The van der Waals surface area contributed by atoms with Crippen LogP contribution in [0.2, 0.25) is 0 Å². The minimum absolute atomic E-state index is 0.0106. The first-order valence-electron chi connectivity index (χ1n) is 6.01. The van der Waals surface area contributed by atoms with E-state index in [0.717, 1.165) is 0 Å². The van der Waals surface area contributed by atoms with Gasteiger partial charge in [-0.1, -0.05) is 0 Å². The van der Waals surface area contributed by atoms with E-state index in [9.17, 15) is 14.4 Å². The quantitative estimate of drug-likeness (QED) is 0.601. The van der Waals surface area contributed by atoms with Crippen molar-refractivity contribution in [2.45, 2.75) is 43.9 Å². The van der Waals surface area contributed by atoms with Crippen molar-refractivity contribution in [3.8, 4) is 0 Å². The van der Waals surface area contributed by atoms with Crippen LogP contribution in [0.4, 0.5) is 0 Å². The molecule has 0 aliphatic carbocycles. The van der Waals surface area contributed by atoms with E-state index in [1.54, 1.807) is 0 Å². The summed E-state index contributed by atoms with van der Waals surface area (Å²) in [5.74, 6) is -1.33. The fraction of sp³-hybridized carbons (Fsp3) is 0.727. The van der Waals surface area contributed by atoms with E-state index in [-0.39, 0.29) is 17.9 Å². The van der Waals surface area contributed by atoms with Crippen LogP contribution in [0.5, 0.6) is 0 Å². The summed E-state index contributed by atoms with van der Waals surface area (Å²) in [5.41, 5.74) is 0. The molecule has 7 nitrogen and oxygen atoms in total. The third-order valence-electron chi connectivity index (χ3n) is 3.20. The third kappa shape index (κ3) is 2.98. The van der Waals surface area contributed by atoms with Gasteiger partial charge in [-0.2, -0.15) is 0 Å². The minimum atomic E-state index is -1.03. The molecule has 18 heavy (non-hydrogen) atoms. The summed E-state index contributed by atoms with van der Waals surface area (Å²) in [7, 11) is 0. The maximum absolute atomic E-state index is 11.8. The van der Waals surface area contributed by atoms with Gasteiger partial charge < -0.3 is 20.5 Å². The van der Waals surface area contributed by atoms with Gasteiger partial charge in [0.25, 0.3) is 0 Å². The molecule has 0 aromatic heterocycles. The van der Waals surface area contributed by atoms with Crippen molar-refractivity contribution in [3.05, 3.63) is 0 Å². The summed E-state index contributed by atoms with van der Waals surface area (Å²) in [4.78, 5) is 33.5. The van der Waals surface area contributed by atoms with E-state index in [0.29, 0.717) is 32.2 Å². The number of aliphatic carboxylic acids is 1. The Morgan fingerprint density at radius 3 is 2.56 bits per heavy atom. The van der Waals surface area contributed by atoms with Crippen LogP contribution >= 0.6 is 0 Å². The van der Waals surface area contributed by atoms with E-state index in [1.165, 1.54) is 0 Å². The highest BCUT2D eigenvalue weighted by atomic mass is 16.5. The molecule has 100 valence electrons. The fourth-order valence-electron chi connectivity index (χ4n) is 2.16. The van der Waals surface area contributed by atoms with Gasteiger partial charge in [-0.15, -0.1) is 0 Å². The van der Waals surface area contributed by atoms with E-state index in [1.807, 2.05) is 0 Å². The van der Waals surface area contributed by atoms with Crippen LogP contribution in [0, 0.1) is 0 Å². The molecular weight excluding hydrogens is 240 g/mol. The second kappa shape index (κ2) is 5.34. The van der Waals surface area contributed by atoms with Crippen LogP contribution in [0.3, 0.4) is 0 Å². The Hall–Kier alpha value is -1.63. The lowest BCUT2D eigenvalue weighted by Gasteiger charge is -2.24. The number of carbonyl (C=O) groups excluding carboxylic acids is 2. The molecule has 0 radical (unpaired) electrons. The van der Waals surface area contributed by atoms with Crippen LogP contribution in [-0.2, 0) is 19.1 Å². The van der Waals surface area contributed by atoms with Crippen molar-refractivity contribution >= 4 is 17.8 Å². The molecule has 3 atom stereocenters. The third-order valence-corrected chi connectivity index (χ3v) is 3.20. The molecule has 3 N–H and O–H groups in total. The molecule has 0 aromatic rings. The fourth-order valence-corrected chi connectivity index (χ4v) is 2.16. The molecule has 0 spiro atoms. The van der Waals surface area contributed by atoms with Gasteiger partial charge in [0.05, 0.1) is 0 Å². The first kappa shape index (κ1) is 12.8. The SMILES string of the molecule is O=C1CCC(NC(=O)C2CCC(C(=O)O)O2)CN1. The molecule has 2 aliphatic rings. The van der Waals surface area contributed by atoms with Gasteiger partial charge in [-0.25, -0.2) is 4.79 Å². The second-order valence-electron chi connectivity index (χ2n) is 4.58. The molecule has 0 bridgehead atoms. The lowest BCUT2D eigenvalue weighted by molar-refractivity contribution is -0.152. The topological polar surface area (TPSA) is 105 Å². The summed E-state index contributed by atoms with van der Waals surface area (Å²) < 4.78 is 5.15. The van der Waals surface area contributed by atoms with E-state index < -0.39 is 18.2 Å². The summed E-state index contributed by atoms with van der Waals surface area (Å²) in [5, 5.41) is 14.2. The van der Waals surface area contributed by atoms with Gasteiger partial charge in [0, 0.05) is 19.0 Å². The number of ether oxygens (including phenoxy) is 1. The molecule has 2 saturated heterocycles. The van der Waals surface area contributed by atoms with E-state index >= 15 is 0 Å². The molecule has 2 fully saturated rings. The number of carboxylic acids is 1. The second-order valence-corrected chi connectivity index (χ2v) is 4.58. The lowest BCUT2D eigenvalue weighted by atomic mass is 10.1. The summed E-state index contributed by atoms with van der Waals surface area (Å²) in [6, 6.07) is -0.0947. The monoisotopic (exact) mass is 256 g/mol. The Bertz CT molecular complexity index is 360. The van der Waals surface area contributed by atoms with Crippen molar-refractivity contribution < 1.29 is 24.2 Å². The maximum Gasteiger partial charge on any atom is 0.332 e. The predicted molar refractivity (Wildman–Crippen MR) is 59.7 cm³/mol. The number of carbonyl (C=O) groups is 3. The molecule has 2 rings (SSSR count). The molecule has 0 aromatic carbocycles. The lowest BCUT2D eigenvalue weighted by Crippen LogP contribution is -2.50. The zero-order valence-corrected chi connectivity index (χ0v) is 9.85. The first-order valence-corrected chi connectivity index (χ1v) is 6.01. The Balaban J connectivity index is 1.78. The van der Waals surface area contributed by atoms with Crippen LogP contribution in [0.1, 0.15) is 25.7 Å². The molecule has 7 heteroatoms. The summed E-state index contributed by atoms with van der Waals surface area (Å²) >= 11 is 0. The van der Waals surface area contributed by atoms with Crippen LogP contribution < -0.4 is 10.6 Å². The van der Waals surface area contributed by atoms with Crippen molar-refractivity contribution in [3.63, 3.8) is 0 Å². The van der Waals surface area contributed by atoms with Gasteiger partial charge in [0.1, 0.15) is 6.10 Å². The molecule has 0 saturated carbocycles. The highest BCUT2D eigenvalue weighted by molar-refractivity contribution is 5.83. The smallest absolute Gasteiger partial charge is 0.332 e. The zero-order chi connectivity index (χ0) is 13.1. The molecular formula is C11H16N2O5. The van der Waals surface area contributed by atoms with Crippen molar-refractivity contribution in [2.75, 3.05) is 6.54 Å². The van der Waals surface area contributed by atoms with Gasteiger partial charge >= 0.3 is 5.97 Å². The van der Waals surface area contributed by atoms with Gasteiger partial charge in [-0.3, -0.25) is 9.59 Å². The number of nitrogens with one attached hydrogen (secondary N) is 2. The highest BCUT2D eigenvalue weighted by Gasteiger charge is 2.35. The number of piperidine rings is 1. The standard InChI is InChI=1S/C11H16N2O5/c14-9-4-1-6(5-12-9)13-10(15)7-2-3-8(18-7)11(16)17/h6-8H,1-5H2,(H,12,14)(H,13,15)(H,16,17). The average Bonchev–Trinajstić information content (AvgIpc) is 2.81. The van der Waals surface area contributed by atoms with Gasteiger partial charge in [0.15, 0.2) is 6.10 Å². The predicted octanol–water partition coefficient (Wildman–Crippen LogP) is -0.987. The van der Waals surface area contributed by atoms with Gasteiger partial charge in [0.2, 0.25) is 11.8 Å². The Labute approximate surface area is 104 Å². The number of amides is 2. The number of rotatable bonds is 3. The average molecular weight is 256 g/mol. The van der Waals surface area contributed by atoms with E-state index in [2.05, 4.69) is 10.6 Å². The van der Waals surface area contributed by atoms with Crippen LogP contribution in [0.25, 0.3) is 0 Å². The molecule has 3 unspecified atom stereocenters. The van der Waals surface area contributed by atoms with Crippen molar-refractivity contribution in [2.24, 2.45) is 0 Å². The normalized spacial score (nSPS) is 31.8. The number of hydrogen-bond donors (Lipinski definition) is 3. The Morgan fingerprint density at radius 1 is 1.28 bits per heavy atom. The van der Waals surface area contributed by atoms with Crippen LogP contribution in [-0.4, -0.2) is 47.7 Å². The van der Waals surface area contributed by atoms with Crippen molar-refractivity contribution in [1.29, 1.82) is 0 Å². The van der Waals surface area contributed by atoms with Crippen molar-refractivity contribution in [1.82, 2.24) is 10.6 Å². The maximum atomic E-state index is 11.8. The Morgan fingerprint density at radius 2 is 2.00 bits per heavy atom.